The van der Waals surface area contributed by atoms with E-state index in [9.17, 15) is 4.79 Å². The van der Waals surface area contributed by atoms with Gasteiger partial charge in [0.05, 0.1) is 11.7 Å². The van der Waals surface area contributed by atoms with Gasteiger partial charge in [-0.2, -0.15) is 0 Å². The number of aldehydes is 1. The van der Waals surface area contributed by atoms with Crippen LogP contribution in [0.3, 0.4) is 0 Å². The number of aromatic nitrogens is 3. The molecule has 0 aliphatic rings. The number of carbonyl (C=O) groups excluding carboxylic acids is 1. The molecule has 1 aromatic rings. The van der Waals surface area contributed by atoms with E-state index in [-0.39, 0.29) is 6.04 Å². The zero-order chi connectivity index (χ0) is 12.0. The molecule has 0 aliphatic carbocycles. The summed E-state index contributed by atoms with van der Waals surface area (Å²) in [6, 6.07) is 0.211. The van der Waals surface area contributed by atoms with E-state index in [4.69, 9.17) is 4.74 Å². The average molecular weight is 225 g/mol. The summed E-state index contributed by atoms with van der Waals surface area (Å²) >= 11 is 0. The van der Waals surface area contributed by atoms with Crippen molar-refractivity contribution in [2.75, 3.05) is 13.7 Å². The first-order valence-corrected chi connectivity index (χ1v) is 5.62. The molecule has 5 nitrogen and oxygen atoms in total. The Balaban J connectivity index is 2.85. The predicted octanol–water partition coefficient (Wildman–Crippen LogP) is 1.64. The van der Waals surface area contributed by atoms with E-state index in [2.05, 4.69) is 24.2 Å². The summed E-state index contributed by atoms with van der Waals surface area (Å²) in [4.78, 5) is 10.8. The molecule has 1 atom stereocenters. The molecule has 1 heterocycles. The van der Waals surface area contributed by atoms with Crippen LogP contribution >= 0.6 is 0 Å². The average Bonchev–Trinajstić information content (AvgIpc) is 2.69. The highest BCUT2D eigenvalue weighted by atomic mass is 16.5. The molecule has 0 saturated carbocycles. The van der Waals surface area contributed by atoms with Crippen LogP contribution in [0.15, 0.2) is 0 Å². The fourth-order valence-electron chi connectivity index (χ4n) is 1.66. The van der Waals surface area contributed by atoms with Gasteiger partial charge in [0, 0.05) is 13.7 Å². The highest BCUT2D eigenvalue weighted by Gasteiger charge is 2.15. The third-order valence-corrected chi connectivity index (χ3v) is 2.58. The molecule has 0 radical (unpaired) electrons. The van der Waals surface area contributed by atoms with Gasteiger partial charge in [-0.15, -0.1) is 5.10 Å². The Hall–Kier alpha value is -1.23. The fourth-order valence-corrected chi connectivity index (χ4v) is 1.66. The van der Waals surface area contributed by atoms with Crippen LogP contribution in [0.25, 0.3) is 0 Å². The first kappa shape index (κ1) is 12.8. The molecule has 16 heavy (non-hydrogen) atoms. The Morgan fingerprint density at radius 1 is 1.56 bits per heavy atom. The minimum absolute atomic E-state index is 0.211. The summed E-state index contributed by atoms with van der Waals surface area (Å²) in [5.74, 6) is 0. The molecule has 0 N–H and O–H groups in total. The van der Waals surface area contributed by atoms with E-state index in [1.54, 1.807) is 7.11 Å². The van der Waals surface area contributed by atoms with E-state index in [0.29, 0.717) is 12.3 Å². The molecule has 0 saturated heterocycles. The van der Waals surface area contributed by atoms with Crippen molar-refractivity contribution in [3.05, 3.63) is 11.4 Å². The molecule has 0 amide bonds. The third-order valence-electron chi connectivity index (χ3n) is 2.58. The van der Waals surface area contributed by atoms with Crippen LogP contribution in [0, 0.1) is 0 Å². The maximum absolute atomic E-state index is 10.8. The lowest BCUT2D eigenvalue weighted by Gasteiger charge is -2.13. The molecule has 1 aromatic heterocycles. The van der Waals surface area contributed by atoms with Gasteiger partial charge in [-0.25, -0.2) is 4.68 Å². The minimum Gasteiger partial charge on any atom is -0.385 e. The highest BCUT2D eigenvalue weighted by Crippen LogP contribution is 2.15. The zero-order valence-corrected chi connectivity index (χ0v) is 10.1. The lowest BCUT2D eigenvalue weighted by Crippen LogP contribution is -2.13. The second-order valence-corrected chi connectivity index (χ2v) is 3.86. The van der Waals surface area contributed by atoms with Crippen LogP contribution < -0.4 is 0 Å². The van der Waals surface area contributed by atoms with Crippen LogP contribution in [0.1, 0.15) is 48.9 Å². The Kier molecular flexibility index (Phi) is 5.11. The van der Waals surface area contributed by atoms with Crippen molar-refractivity contribution in [2.24, 2.45) is 0 Å². The lowest BCUT2D eigenvalue weighted by atomic mass is 10.2. The maximum Gasteiger partial charge on any atom is 0.172 e. The van der Waals surface area contributed by atoms with Crippen LogP contribution in [0.2, 0.25) is 0 Å². The molecule has 0 aromatic carbocycles. The standard InChI is InChI=1S/C11H19N3O2/c1-4-5-11-10(8-15)12-13-14(11)9(2)6-7-16-3/h8-9H,4-7H2,1-3H3. The summed E-state index contributed by atoms with van der Waals surface area (Å²) < 4.78 is 6.88. The molecule has 0 spiro atoms. The Labute approximate surface area is 95.8 Å². The second kappa shape index (κ2) is 6.37. The molecule has 1 unspecified atom stereocenters. The third kappa shape index (κ3) is 2.88. The van der Waals surface area contributed by atoms with Crippen molar-refractivity contribution in [1.29, 1.82) is 0 Å². The number of hydrogen-bond donors (Lipinski definition) is 0. The van der Waals surface area contributed by atoms with Gasteiger partial charge in [-0.1, -0.05) is 18.6 Å². The van der Waals surface area contributed by atoms with Crippen LogP contribution in [-0.2, 0) is 11.2 Å². The van der Waals surface area contributed by atoms with Gasteiger partial charge in [0.2, 0.25) is 0 Å². The molecule has 0 bridgehead atoms. The summed E-state index contributed by atoms with van der Waals surface area (Å²) in [5.41, 5.74) is 1.40. The van der Waals surface area contributed by atoms with Crippen LogP contribution in [0.4, 0.5) is 0 Å². The first-order chi connectivity index (χ1) is 7.74. The SMILES string of the molecule is CCCc1c(C=O)nnn1C(C)CCOC. The predicted molar refractivity (Wildman–Crippen MR) is 60.6 cm³/mol. The number of ether oxygens (including phenoxy) is 1. The van der Waals surface area contributed by atoms with Crippen LogP contribution in [0.5, 0.6) is 0 Å². The van der Waals surface area contributed by atoms with Gasteiger partial charge in [0.15, 0.2) is 6.29 Å². The first-order valence-electron chi connectivity index (χ1n) is 5.62. The summed E-state index contributed by atoms with van der Waals surface area (Å²) in [5, 5.41) is 7.92. The number of carbonyl (C=O) groups is 1. The van der Waals surface area contributed by atoms with Crippen molar-refractivity contribution < 1.29 is 9.53 Å². The number of nitrogens with zero attached hydrogens (tertiary/aromatic N) is 3. The van der Waals surface area contributed by atoms with Gasteiger partial charge < -0.3 is 4.74 Å². The molecular formula is C11H19N3O2. The van der Waals surface area contributed by atoms with Crippen molar-refractivity contribution in [2.45, 2.75) is 39.2 Å². The maximum atomic E-state index is 10.8. The van der Waals surface area contributed by atoms with Gasteiger partial charge in [-0.05, 0) is 19.8 Å². The molecule has 90 valence electrons. The second-order valence-electron chi connectivity index (χ2n) is 3.86. The zero-order valence-electron chi connectivity index (χ0n) is 10.1. The van der Waals surface area contributed by atoms with Crippen molar-refractivity contribution in [1.82, 2.24) is 15.0 Å². The number of methoxy groups -OCH3 is 1. The molecule has 0 aliphatic heterocycles. The monoisotopic (exact) mass is 225 g/mol. The van der Waals surface area contributed by atoms with E-state index >= 15 is 0 Å². The Bertz CT molecular complexity index is 336. The Morgan fingerprint density at radius 3 is 2.88 bits per heavy atom. The normalized spacial score (nSPS) is 12.7. The summed E-state index contributed by atoms with van der Waals surface area (Å²) in [6.45, 7) is 4.82. The quantitative estimate of drug-likeness (QED) is 0.662. The number of hydrogen-bond acceptors (Lipinski definition) is 4. The van der Waals surface area contributed by atoms with E-state index in [1.807, 2.05) is 4.68 Å². The summed E-state index contributed by atoms with van der Waals surface area (Å²) in [7, 11) is 1.68. The van der Waals surface area contributed by atoms with Crippen LogP contribution in [-0.4, -0.2) is 35.0 Å². The van der Waals surface area contributed by atoms with Gasteiger partial charge in [0.25, 0.3) is 0 Å². The van der Waals surface area contributed by atoms with E-state index in [1.165, 1.54) is 0 Å². The number of rotatable bonds is 7. The van der Waals surface area contributed by atoms with Gasteiger partial charge in [-0.3, -0.25) is 4.79 Å². The highest BCUT2D eigenvalue weighted by molar-refractivity contribution is 5.73. The molecular weight excluding hydrogens is 206 g/mol. The van der Waals surface area contributed by atoms with E-state index < -0.39 is 0 Å². The fraction of sp³-hybridized carbons (Fsp3) is 0.727. The van der Waals surface area contributed by atoms with Crippen molar-refractivity contribution >= 4 is 6.29 Å². The smallest absolute Gasteiger partial charge is 0.172 e. The van der Waals surface area contributed by atoms with Crippen molar-refractivity contribution in [3.63, 3.8) is 0 Å². The van der Waals surface area contributed by atoms with Gasteiger partial charge >= 0.3 is 0 Å². The topological polar surface area (TPSA) is 57.0 Å². The minimum atomic E-state index is 0.211. The van der Waals surface area contributed by atoms with E-state index in [0.717, 1.165) is 31.2 Å². The molecule has 5 heteroatoms. The largest absolute Gasteiger partial charge is 0.385 e. The van der Waals surface area contributed by atoms with Gasteiger partial charge in [0.1, 0.15) is 5.69 Å². The summed E-state index contributed by atoms with van der Waals surface area (Å²) in [6.07, 6.45) is 3.45. The van der Waals surface area contributed by atoms with Crippen molar-refractivity contribution in [3.8, 4) is 0 Å². The molecule has 0 fully saturated rings. The molecule has 1 rings (SSSR count). The lowest BCUT2D eigenvalue weighted by molar-refractivity contribution is 0.111. The Morgan fingerprint density at radius 2 is 2.31 bits per heavy atom.